The van der Waals surface area contributed by atoms with Crippen LogP contribution in [0.4, 0.5) is 0 Å². The van der Waals surface area contributed by atoms with Crippen LogP contribution >= 0.6 is 0 Å². The van der Waals surface area contributed by atoms with E-state index in [2.05, 4.69) is 17.1 Å². The monoisotopic (exact) mass is 968 g/mol. The molecule has 0 spiro atoms. The van der Waals surface area contributed by atoms with E-state index in [1.165, 1.54) is 25.3 Å². The first-order valence-corrected chi connectivity index (χ1v) is 18.5. The summed E-state index contributed by atoms with van der Waals surface area (Å²) in [4.78, 5) is 4.21. The molecule has 1 fully saturated rings. The Balaban J connectivity index is 0.000000293. The zero-order valence-electron chi connectivity index (χ0n) is 54.2. The third-order valence-electron chi connectivity index (χ3n) is 10.1. The van der Waals surface area contributed by atoms with E-state index in [9.17, 15) is 8.15 Å². The van der Waals surface area contributed by atoms with Gasteiger partial charge in [-0.3, -0.25) is 0 Å². The van der Waals surface area contributed by atoms with Gasteiger partial charge in [-0.05, 0) is 84.1 Å². The minimum absolute atomic E-state index is 0. The first kappa shape index (κ1) is 22.1. The van der Waals surface area contributed by atoms with Crippen molar-refractivity contribution in [2.45, 2.75) is 66.1 Å². The van der Waals surface area contributed by atoms with Crippen LogP contribution in [0.15, 0.2) is 150 Å². The molecule has 1 aliphatic rings. The van der Waals surface area contributed by atoms with Gasteiger partial charge in [0.05, 0.1) is 16.4 Å². The Morgan fingerprint density at radius 3 is 2.42 bits per heavy atom. The van der Waals surface area contributed by atoms with Gasteiger partial charge in [-0.15, -0.1) is 58.6 Å². The van der Waals surface area contributed by atoms with Gasteiger partial charge in [-0.1, -0.05) is 154 Å². The molecule has 1 aliphatic carbocycles. The Kier molecular flexibility index (Phi) is 6.76. The second kappa shape index (κ2) is 18.1. The maximum absolute atomic E-state index is 10.2. The zero-order chi connectivity index (χ0) is 59.2. The van der Waals surface area contributed by atoms with E-state index < -0.39 is 122 Å². The van der Waals surface area contributed by atoms with Crippen molar-refractivity contribution >= 4 is 50.0 Å². The summed E-state index contributed by atoms with van der Waals surface area (Å²) in [5, 5.41) is 9.25. The molecule has 4 heteroatoms. The van der Waals surface area contributed by atoms with Gasteiger partial charge >= 0.3 is 20.1 Å². The third-order valence-corrected chi connectivity index (χ3v) is 10.1. The molecule has 0 aliphatic heterocycles. The van der Waals surface area contributed by atoms with Crippen LogP contribution in [0, 0.1) is 31.3 Å². The fourth-order valence-electron chi connectivity index (χ4n) is 6.80. The van der Waals surface area contributed by atoms with E-state index >= 15 is 0 Å². The fourth-order valence-corrected chi connectivity index (χ4v) is 6.80. The number of fused-ring (bicyclic) bond motifs is 5. The van der Waals surface area contributed by atoms with E-state index in [4.69, 9.17) is 31.8 Å². The molecule has 9 rings (SSSR count). The van der Waals surface area contributed by atoms with E-state index in [1.54, 1.807) is 12.1 Å². The van der Waals surface area contributed by atoms with Crippen molar-refractivity contribution in [1.29, 1.82) is 0 Å². The van der Waals surface area contributed by atoms with Gasteiger partial charge in [0.2, 0.25) is 0 Å². The normalized spacial score (nSPS) is 21.1. The number of benzene rings is 6. The van der Waals surface area contributed by atoms with Gasteiger partial charge in [-0.25, -0.2) is 0 Å². The molecule has 0 radical (unpaired) electrons. The van der Waals surface area contributed by atoms with Gasteiger partial charge < -0.3 is 14.8 Å². The minimum Gasteiger partial charge on any atom is -0.811 e. The van der Waals surface area contributed by atoms with Gasteiger partial charge in [0, 0.05) is 34.9 Å². The van der Waals surface area contributed by atoms with Gasteiger partial charge in [0.15, 0.2) is 0 Å². The first-order valence-electron chi connectivity index (χ1n) is 29.5. The molecule has 0 saturated heterocycles. The number of furan rings is 1. The van der Waals surface area contributed by atoms with Gasteiger partial charge in [0.1, 0.15) is 5.58 Å². The number of rotatable bonds is 7. The number of pyridine rings is 1. The number of allylic oxidation sites excluding steroid dienone is 4. The number of nitrogens with zero attached hydrogens (tertiary/aromatic N) is 2. The Morgan fingerprint density at radius 2 is 1.69 bits per heavy atom. The Morgan fingerprint density at radius 1 is 0.915 bits per heavy atom. The summed E-state index contributed by atoms with van der Waals surface area (Å²) in [6.45, 7) is 0.916. The van der Waals surface area contributed by atoms with Crippen LogP contribution in [0.2, 0.25) is 0 Å². The van der Waals surface area contributed by atoms with Crippen LogP contribution in [0.1, 0.15) is 110 Å². The molecule has 1 saturated carbocycles. The van der Waals surface area contributed by atoms with E-state index in [0.29, 0.717) is 29.7 Å². The summed E-state index contributed by atoms with van der Waals surface area (Å²) in [5.74, 6) is -1.45. The summed E-state index contributed by atoms with van der Waals surface area (Å²) in [5.41, 5.74) is 0.379. The maximum atomic E-state index is 10.2. The first-order chi connectivity index (χ1) is 37.1. The zero-order valence-corrected chi connectivity index (χ0v) is 34.6. The molecule has 59 heavy (non-hydrogen) atoms. The van der Waals surface area contributed by atoms with Crippen LogP contribution in [-0.2, 0) is 20.1 Å². The largest absolute Gasteiger partial charge is 3.00 e. The van der Waals surface area contributed by atoms with Crippen LogP contribution in [0.3, 0.4) is 0 Å². The van der Waals surface area contributed by atoms with Crippen molar-refractivity contribution in [3.8, 4) is 22.4 Å². The van der Waals surface area contributed by atoms with Crippen molar-refractivity contribution in [3.05, 3.63) is 191 Å². The van der Waals surface area contributed by atoms with E-state index in [-0.39, 0.29) is 98.9 Å². The topological polar surface area (TPSA) is 48.3 Å². The number of hydrogen-bond donors (Lipinski definition) is 0. The number of aryl methyl sites for hydroxylation is 2. The predicted octanol–water partition coefficient (Wildman–Crippen LogP) is 15.2. The van der Waals surface area contributed by atoms with Crippen LogP contribution in [0.5, 0.6) is 0 Å². The van der Waals surface area contributed by atoms with Crippen molar-refractivity contribution in [2.24, 2.45) is 5.41 Å². The van der Waals surface area contributed by atoms with Crippen molar-refractivity contribution in [3.63, 3.8) is 0 Å². The third kappa shape index (κ3) is 9.15. The fraction of sp³-hybridized carbons (Fsp3) is 0.200. The molecule has 6 aromatic carbocycles. The van der Waals surface area contributed by atoms with Gasteiger partial charge in [-0.2, -0.15) is 6.19 Å². The Hall–Kier alpha value is -5.67. The maximum Gasteiger partial charge on any atom is 3.00 e. The molecule has 294 valence electrons. The summed E-state index contributed by atoms with van der Waals surface area (Å²) in [6, 6.07) is 12.2. The summed E-state index contributed by atoms with van der Waals surface area (Å²) in [6.07, 6.45) is 1.70. The quantitative estimate of drug-likeness (QED) is 0.0908. The summed E-state index contributed by atoms with van der Waals surface area (Å²) in [7, 11) is 0. The smallest absolute Gasteiger partial charge is 0.811 e. The van der Waals surface area contributed by atoms with Crippen molar-refractivity contribution in [1.82, 2.24) is 4.98 Å². The molecule has 8 aromatic rings. The average Bonchev–Trinajstić information content (AvgIpc) is 3.81. The van der Waals surface area contributed by atoms with Crippen LogP contribution in [0.25, 0.3) is 71.7 Å². The predicted molar refractivity (Wildman–Crippen MR) is 246 cm³/mol. The average molecular weight is 968 g/mol. The molecule has 0 amide bonds. The van der Waals surface area contributed by atoms with Crippen LogP contribution < -0.4 is 0 Å². The number of aromatic nitrogens is 1. The standard InChI is InChI=1S/C36H33NO.C19H16N.Ir/c1-24(23-29(19-22-37)26-13-11-25(12-14-26)27-17-20-36(2,3)21-18-27)30-9-6-10-32-33-16-15-28-7-4-5-8-31(28)35(33)38-34(30)32;1-14-8-11-19(20-13-14)17-10-9-15(2)18(12-17)16-6-4-3-5-7-16;/h4-8,10-16,19,22-23,27H,17-18,20-21H2,1-3H3;3-9,11-13H,1-2H3;/q-2;-1;+3/b24-23+,29-19+;;/i4D,5D,6D,7D,8D,10D,11D,12D,13D,14D,15D,16D,19D,22D,23D,27D;1D3,2D3;. The number of hydrogen-bond acceptors (Lipinski definition) is 2. The minimum atomic E-state index is -2.27. The van der Waals surface area contributed by atoms with Gasteiger partial charge in [0.25, 0.3) is 0 Å². The Labute approximate surface area is 393 Å². The second-order valence-corrected chi connectivity index (χ2v) is 14.6. The molecule has 0 bridgehead atoms. The SMILES string of the molecule is [2H]C(=[N-])/C([2H])=C(\C([2H])=C(/C)c1[c-]c([2H])c([2H])c2c1oc1c3c([2H])c([2H])c([2H])c([2H])c3c([2H])c([2H])c12)c1c([2H])c([2H])c(C2([2H])CCC(C)(C)CC2)c([2H])c1[2H].[2H]C([2H])([2H])c1ccc(-c2[c-]cc(C([2H])([2H])[2H])c(-c3ccccc3)c2)nc1.[Ir+3]. The van der Waals surface area contributed by atoms with E-state index in [1.807, 2.05) is 44.2 Å². The Bertz CT molecular complexity index is 3900. The molecule has 0 atom stereocenters. The summed E-state index contributed by atoms with van der Waals surface area (Å²) >= 11 is 0. The molecule has 0 unspecified atom stereocenters. The molecular weight excluding hydrogens is 897 g/mol. The second-order valence-electron chi connectivity index (χ2n) is 14.6. The van der Waals surface area contributed by atoms with E-state index in [0.717, 1.165) is 5.56 Å². The molecule has 2 heterocycles. The molecular formula is C55H49IrN2O. The van der Waals surface area contributed by atoms with Crippen molar-refractivity contribution in [2.75, 3.05) is 0 Å². The molecule has 2 aromatic heterocycles. The molecule has 0 N–H and O–H groups in total. The van der Waals surface area contributed by atoms with Crippen molar-refractivity contribution < 1.29 is 54.7 Å². The van der Waals surface area contributed by atoms with Crippen LogP contribution in [-0.4, -0.2) is 11.2 Å². The summed E-state index contributed by atoms with van der Waals surface area (Å²) < 4.78 is 191. The molecule has 3 nitrogen and oxygen atoms in total.